The van der Waals surface area contributed by atoms with Crippen molar-refractivity contribution in [2.75, 3.05) is 29.9 Å². The van der Waals surface area contributed by atoms with Crippen LogP contribution in [0.1, 0.15) is 32.1 Å². The van der Waals surface area contributed by atoms with E-state index in [1.54, 1.807) is 17.8 Å². The first kappa shape index (κ1) is 27.7. The van der Waals surface area contributed by atoms with Crippen molar-refractivity contribution in [2.24, 2.45) is 4.99 Å². The Morgan fingerprint density at radius 2 is 1.65 bits per heavy atom. The molecular weight excluding hydrogens is 548 g/mol. The average molecular weight is 579 g/mol. The van der Waals surface area contributed by atoms with Crippen LogP contribution in [-0.4, -0.2) is 45.8 Å². The molecule has 0 aliphatic carbocycles. The van der Waals surface area contributed by atoms with Crippen LogP contribution in [0.4, 0.5) is 17.1 Å². The van der Waals surface area contributed by atoms with Crippen LogP contribution in [0.25, 0.3) is 0 Å². The molecule has 0 unspecified atom stereocenters. The number of para-hydroxylation sites is 2. The molecule has 0 aromatic heterocycles. The fourth-order valence-corrected chi connectivity index (χ4v) is 6.78. The molecule has 0 atom stereocenters. The third-order valence-corrected chi connectivity index (χ3v) is 9.00. The largest absolute Gasteiger partial charge is 0.456 e. The number of fused-ring (bicyclic) bond motifs is 2. The van der Waals surface area contributed by atoms with Gasteiger partial charge in [-0.05, 0) is 55.3 Å². The van der Waals surface area contributed by atoms with Crippen molar-refractivity contribution < 1.29 is 22.7 Å². The van der Waals surface area contributed by atoms with Crippen LogP contribution in [0.2, 0.25) is 0 Å². The molecule has 208 valence electrons. The quantitative estimate of drug-likeness (QED) is 0.357. The molecule has 9 nitrogen and oxygen atoms in total. The number of amidine groups is 1. The van der Waals surface area contributed by atoms with Crippen LogP contribution < -0.4 is 14.9 Å². The second-order valence-corrected chi connectivity index (χ2v) is 12.2. The van der Waals surface area contributed by atoms with Crippen molar-refractivity contribution in [2.45, 2.75) is 46.8 Å². The summed E-state index contributed by atoms with van der Waals surface area (Å²) in [5, 5.41) is 2.60. The Kier molecular flexibility index (Phi) is 8.71. The highest BCUT2D eigenvalue weighted by Crippen LogP contribution is 2.47. The molecule has 2 N–H and O–H groups in total. The lowest BCUT2D eigenvalue weighted by molar-refractivity contribution is -0.147. The van der Waals surface area contributed by atoms with E-state index in [0.29, 0.717) is 25.3 Å². The van der Waals surface area contributed by atoms with Gasteiger partial charge in [-0.25, -0.2) is 8.42 Å². The molecule has 2 aliphatic heterocycles. The molecule has 2 aliphatic rings. The first-order chi connectivity index (χ1) is 19.4. The SMILES string of the molecule is O=C(COC(=O)CCN1c2ccccc2Sc2ccccc21)Nc1cccc(S(=O)(=O)NC2=NCCCCC2)c1. The topological polar surface area (TPSA) is 117 Å². The summed E-state index contributed by atoms with van der Waals surface area (Å²) in [5.41, 5.74) is 2.32. The molecule has 1 amide bonds. The summed E-state index contributed by atoms with van der Waals surface area (Å²) < 4.78 is 33.5. The molecule has 40 heavy (non-hydrogen) atoms. The van der Waals surface area contributed by atoms with E-state index in [4.69, 9.17) is 4.74 Å². The summed E-state index contributed by atoms with van der Waals surface area (Å²) in [6.07, 6.45) is 3.51. The normalized spacial score (nSPS) is 14.7. The number of nitrogens with one attached hydrogen (secondary N) is 2. The monoisotopic (exact) mass is 578 g/mol. The van der Waals surface area contributed by atoms with Gasteiger partial charge in [0.2, 0.25) is 0 Å². The smallest absolute Gasteiger partial charge is 0.308 e. The molecule has 3 aromatic carbocycles. The van der Waals surface area contributed by atoms with Crippen molar-refractivity contribution in [3.8, 4) is 0 Å². The van der Waals surface area contributed by atoms with Crippen LogP contribution in [0.5, 0.6) is 0 Å². The van der Waals surface area contributed by atoms with Gasteiger partial charge in [-0.1, -0.05) is 48.5 Å². The van der Waals surface area contributed by atoms with Gasteiger partial charge in [0.05, 0.1) is 22.7 Å². The summed E-state index contributed by atoms with van der Waals surface area (Å²) in [7, 11) is -3.84. The van der Waals surface area contributed by atoms with Crippen molar-refractivity contribution in [3.05, 3.63) is 72.8 Å². The number of esters is 1. The number of aliphatic imine (C=N–C) groups is 1. The Morgan fingerprint density at radius 1 is 0.925 bits per heavy atom. The van der Waals surface area contributed by atoms with E-state index in [1.807, 2.05) is 48.5 Å². The fourth-order valence-electron chi connectivity index (χ4n) is 4.55. The predicted molar refractivity (Wildman–Crippen MR) is 156 cm³/mol. The standard InChI is InChI=1S/C29H30N4O5S2/c34-28(31-21-9-8-10-22(19-21)40(36,37)32-27-15-2-1-7-17-30-27)20-38-29(35)16-18-33-23-11-3-5-13-25(23)39-26-14-6-4-12-24(26)33/h3-6,8-14,19H,1-2,7,15-18,20H2,(H,30,32)(H,31,34). The van der Waals surface area contributed by atoms with Crippen LogP contribution in [0, 0.1) is 0 Å². The summed E-state index contributed by atoms with van der Waals surface area (Å²) in [5.74, 6) is -0.615. The van der Waals surface area contributed by atoms with Crippen LogP contribution in [0.15, 0.2) is 92.5 Å². The molecule has 0 bridgehead atoms. The number of carbonyl (C=O) groups is 2. The molecule has 0 spiro atoms. The van der Waals surface area contributed by atoms with E-state index < -0.39 is 28.5 Å². The summed E-state index contributed by atoms with van der Waals surface area (Å²) in [4.78, 5) is 33.6. The Bertz CT molecular complexity index is 1500. The number of hydrogen-bond acceptors (Lipinski definition) is 8. The molecule has 0 saturated carbocycles. The highest BCUT2D eigenvalue weighted by molar-refractivity contribution is 7.99. The van der Waals surface area contributed by atoms with E-state index in [9.17, 15) is 18.0 Å². The number of benzene rings is 3. The highest BCUT2D eigenvalue weighted by atomic mass is 32.2. The molecule has 0 saturated heterocycles. The Labute approximate surface area is 238 Å². The summed E-state index contributed by atoms with van der Waals surface area (Å²) >= 11 is 1.69. The van der Waals surface area contributed by atoms with Crippen molar-refractivity contribution in [1.82, 2.24) is 4.72 Å². The lowest BCUT2D eigenvalue weighted by Crippen LogP contribution is -2.30. The average Bonchev–Trinajstić information content (AvgIpc) is 3.22. The van der Waals surface area contributed by atoms with Gasteiger partial charge < -0.3 is 15.0 Å². The van der Waals surface area contributed by atoms with Crippen molar-refractivity contribution >= 4 is 56.6 Å². The zero-order chi connectivity index (χ0) is 28.0. The summed E-state index contributed by atoms with van der Waals surface area (Å²) in [6.45, 7) is 0.519. The van der Waals surface area contributed by atoms with E-state index in [2.05, 4.69) is 19.9 Å². The van der Waals surface area contributed by atoms with E-state index in [1.165, 1.54) is 18.2 Å². The number of sulfonamides is 1. The van der Waals surface area contributed by atoms with E-state index in [0.717, 1.165) is 40.4 Å². The Balaban J connectivity index is 1.14. The van der Waals surface area contributed by atoms with Gasteiger partial charge in [0.15, 0.2) is 6.61 Å². The van der Waals surface area contributed by atoms with Gasteiger partial charge in [0.25, 0.3) is 15.9 Å². The summed E-state index contributed by atoms with van der Waals surface area (Å²) in [6, 6.07) is 22.0. The zero-order valence-electron chi connectivity index (χ0n) is 21.8. The van der Waals surface area contributed by atoms with E-state index >= 15 is 0 Å². The number of anilines is 3. The maximum absolute atomic E-state index is 12.8. The maximum Gasteiger partial charge on any atom is 0.308 e. The third kappa shape index (κ3) is 6.83. The Morgan fingerprint density at radius 3 is 2.40 bits per heavy atom. The lowest BCUT2D eigenvalue weighted by Gasteiger charge is -2.32. The zero-order valence-corrected chi connectivity index (χ0v) is 23.5. The van der Waals surface area contributed by atoms with Gasteiger partial charge in [-0.15, -0.1) is 0 Å². The number of hydrogen-bond donors (Lipinski definition) is 2. The van der Waals surface area contributed by atoms with Gasteiger partial charge in [0.1, 0.15) is 5.84 Å². The predicted octanol–water partition coefficient (Wildman–Crippen LogP) is 5.11. The highest BCUT2D eigenvalue weighted by Gasteiger charge is 2.24. The van der Waals surface area contributed by atoms with Crippen molar-refractivity contribution in [1.29, 1.82) is 0 Å². The molecular formula is C29H30N4O5S2. The van der Waals surface area contributed by atoms with Crippen LogP contribution in [-0.2, 0) is 24.3 Å². The minimum Gasteiger partial charge on any atom is -0.456 e. The first-order valence-electron chi connectivity index (χ1n) is 13.1. The molecule has 0 fully saturated rings. The van der Waals surface area contributed by atoms with Gasteiger partial charge in [0, 0.05) is 35.0 Å². The lowest BCUT2D eigenvalue weighted by atomic mass is 10.2. The number of carbonyl (C=O) groups excluding carboxylic acids is 2. The maximum atomic E-state index is 12.8. The second-order valence-electron chi connectivity index (χ2n) is 9.42. The first-order valence-corrected chi connectivity index (χ1v) is 15.4. The Hall–Kier alpha value is -3.83. The van der Waals surface area contributed by atoms with Gasteiger partial charge in [-0.3, -0.25) is 19.3 Å². The molecule has 2 heterocycles. The second kappa shape index (κ2) is 12.6. The number of amides is 1. The minimum absolute atomic E-state index is 0.00880. The third-order valence-electron chi connectivity index (χ3n) is 6.49. The van der Waals surface area contributed by atoms with Gasteiger partial charge >= 0.3 is 5.97 Å². The molecule has 0 radical (unpaired) electrons. The molecule has 5 rings (SSSR count). The minimum atomic E-state index is -3.84. The van der Waals surface area contributed by atoms with Crippen LogP contribution in [0.3, 0.4) is 0 Å². The molecule has 3 aromatic rings. The number of rotatable bonds is 8. The fraction of sp³-hybridized carbons (Fsp3) is 0.276. The molecule has 11 heteroatoms. The number of nitrogens with zero attached hydrogens (tertiary/aromatic N) is 2. The van der Waals surface area contributed by atoms with E-state index in [-0.39, 0.29) is 17.0 Å². The van der Waals surface area contributed by atoms with Gasteiger partial charge in [-0.2, -0.15) is 0 Å². The van der Waals surface area contributed by atoms with Crippen LogP contribution >= 0.6 is 11.8 Å². The number of ether oxygens (including phenoxy) is 1. The van der Waals surface area contributed by atoms with Crippen molar-refractivity contribution in [3.63, 3.8) is 0 Å².